The Bertz CT molecular complexity index is 272. The molecule has 3 nitrogen and oxygen atoms in total. The minimum absolute atomic E-state index is 0.0940. The maximum absolute atomic E-state index is 11.0. The molecule has 3 heteroatoms. The Morgan fingerprint density at radius 1 is 1.29 bits per heavy atom. The lowest BCUT2D eigenvalue weighted by molar-refractivity contribution is -0.122. The molecule has 1 amide bonds. The van der Waals surface area contributed by atoms with Crippen LogP contribution in [0, 0.1) is 0 Å². The van der Waals surface area contributed by atoms with Gasteiger partial charge in [-0.15, -0.1) is 0 Å². The lowest BCUT2D eigenvalue weighted by atomic mass is 10.1. The fourth-order valence-electron chi connectivity index (χ4n) is 1.27. The van der Waals surface area contributed by atoms with Crippen LogP contribution in [0.4, 0.5) is 0 Å². The number of carbonyl (C=O) groups excluding carboxylic acids is 1. The number of benzene rings is 1. The molecule has 0 radical (unpaired) electrons. The number of hydrogen-bond acceptors (Lipinski definition) is 2. The minimum atomic E-state index is -0.274. The third-order valence-corrected chi connectivity index (χ3v) is 1.99. The quantitative estimate of drug-likeness (QED) is 0.687. The first-order valence-electron chi connectivity index (χ1n) is 4.74. The molecule has 1 aromatic carbocycles. The van der Waals surface area contributed by atoms with Crippen molar-refractivity contribution in [1.82, 2.24) is 5.32 Å². The van der Waals surface area contributed by atoms with Gasteiger partial charge in [0.2, 0.25) is 5.91 Å². The van der Waals surface area contributed by atoms with Gasteiger partial charge < -0.3 is 10.4 Å². The van der Waals surface area contributed by atoms with Gasteiger partial charge in [0.15, 0.2) is 0 Å². The van der Waals surface area contributed by atoms with E-state index in [9.17, 15) is 4.79 Å². The minimum Gasteiger partial charge on any atom is -0.377 e. The second kappa shape index (κ2) is 6.16. The van der Waals surface area contributed by atoms with E-state index in [4.69, 9.17) is 5.11 Å². The molecule has 0 aliphatic heterocycles. The van der Waals surface area contributed by atoms with Crippen molar-refractivity contribution in [3.05, 3.63) is 35.9 Å². The van der Waals surface area contributed by atoms with Crippen LogP contribution in [0.1, 0.15) is 18.4 Å². The standard InChI is InChI=1S/C11H15NO2/c13-9-12-11(14)8-4-7-10-5-2-1-3-6-10/h1-3,5-6,13H,4,7-9H2,(H,12,14). The Morgan fingerprint density at radius 3 is 2.64 bits per heavy atom. The van der Waals surface area contributed by atoms with E-state index in [-0.39, 0.29) is 12.6 Å². The predicted octanol–water partition coefficient (Wildman–Crippen LogP) is 1.08. The maximum Gasteiger partial charge on any atom is 0.221 e. The molecule has 14 heavy (non-hydrogen) atoms. The first-order valence-corrected chi connectivity index (χ1v) is 4.74. The van der Waals surface area contributed by atoms with Gasteiger partial charge in [-0.05, 0) is 18.4 Å². The van der Waals surface area contributed by atoms with Crippen molar-refractivity contribution in [3.63, 3.8) is 0 Å². The van der Waals surface area contributed by atoms with Crippen LogP contribution in [0.3, 0.4) is 0 Å². The lowest BCUT2D eigenvalue weighted by Crippen LogP contribution is -2.23. The summed E-state index contributed by atoms with van der Waals surface area (Å²) in [6.07, 6.45) is 2.19. The van der Waals surface area contributed by atoms with Gasteiger partial charge in [-0.1, -0.05) is 30.3 Å². The summed E-state index contributed by atoms with van der Waals surface area (Å²) >= 11 is 0. The van der Waals surface area contributed by atoms with Crippen molar-refractivity contribution < 1.29 is 9.90 Å². The van der Waals surface area contributed by atoms with E-state index >= 15 is 0 Å². The van der Waals surface area contributed by atoms with E-state index in [0.29, 0.717) is 6.42 Å². The first-order chi connectivity index (χ1) is 6.83. The molecule has 0 fully saturated rings. The molecular formula is C11H15NO2. The Kier molecular flexibility index (Phi) is 4.72. The predicted molar refractivity (Wildman–Crippen MR) is 54.6 cm³/mol. The Morgan fingerprint density at radius 2 is 2.00 bits per heavy atom. The van der Waals surface area contributed by atoms with Crippen LogP contribution in [-0.2, 0) is 11.2 Å². The second-order valence-electron chi connectivity index (χ2n) is 3.10. The molecule has 2 N–H and O–H groups in total. The summed E-state index contributed by atoms with van der Waals surface area (Å²) in [5.74, 6) is -0.0940. The number of nitrogens with one attached hydrogen (secondary N) is 1. The van der Waals surface area contributed by atoms with E-state index in [1.54, 1.807) is 0 Å². The molecule has 0 aliphatic carbocycles. The average Bonchev–Trinajstić information content (AvgIpc) is 2.20. The van der Waals surface area contributed by atoms with Crippen LogP contribution < -0.4 is 5.32 Å². The van der Waals surface area contributed by atoms with Crippen molar-refractivity contribution in [2.75, 3.05) is 6.73 Å². The van der Waals surface area contributed by atoms with E-state index in [2.05, 4.69) is 5.32 Å². The van der Waals surface area contributed by atoms with Crippen LogP contribution in [0.2, 0.25) is 0 Å². The van der Waals surface area contributed by atoms with Crippen molar-refractivity contribution in [2.24, 2.45) is 0 Å². The number of rotatable bonds is 5. The summed E-state index contributed by atoms with van der Waals surface area (Å²) in [6.45, 7) is -0.274. The van der Waals surface area contributed by atoms with Crippen molar-refractivity contribution in [2.45, 2.75) is 19.3 Å². The number of carbonyl (C=O) groups is 1. The SMILES string of the molecule is O=C(CCCc1ccccc1)NCO. The van der Waals surface area contributed by atoms with Gasteiger partial charge in [0, 0.05) is 6.42 Å². The van der Waals surface area contributed by atoms with Crippen LogP contribution in [0.5, 0.6) is 0 Å². The molecule has 0 saturated heterocycles. The number of aliphatic hydroxyl groups excluding tert-OH is 1. The Labute approximate surface area is 83.8 Å². The summed E-state index contributed by atoms with van der Waals surface area (Å²) in [6, 6.07) is 10.0. The molecule has 0 unspecified atom stereocenters. The molecule has 0 saturated carbocycles. The highest BCUT2D eigenvalue weighted by atomic mass is 16.3. The van der Waals surface area contributed by atoms with E-state index in [1.165, 1.54) is 5.56 Å². The monoisotopic (exact) mass is 193 g/mol. The van der Waals surface area contributed by atoms with Crippen LogP contribution >= 0.6 is 0 Å². The van der Waals surface area contributed by atoms with Gasteiger partial charge in [-0.3, -0.25) is 4.79 Å². The number of aryl methyl sites for hydroxylation is 1. The molecule has 1 aromatic rings. The van der Waals surface area contributed by atoms with Crippen LogP contribution in [0.25, 0.3) is 0 Å². The van der Waals surface area contributed by atoms with Crippen molar-refractivity contribution in [1.29, 1.82) is 0 Å². The molecule has 1 rings (SSSR count). The molecule has 0 bridgehead atoms. The summed E-state index contributed by atoms with van der Waals surface area (Å²) in [5.41, 5.74) is 1.24. The highest BCUT2D eigenvalue weighted by molar-refractivity contribution is 5.75. The average molecular weight is 193 g/mol. The van der Waals surface area contributed by atoms with Gasteiger partial charge in [0.05, 0.1) is 0 Å². The van der Waals surface area contributed by atoms with Crippen molar-refractivity contribution in [3.8, 4) is 0 Å². The lowest BCUT2D eigenvalue weighted by Gasteiger charge is -2.01. The van der Waals surface area contributed by atoms with Gasteiger partial charge in [-0.2, -0.15) is 0 Å². The summed E-state index contributed by atoms with van der Waals surface area (Å²) < 4.78 is 0. The first kappa shape index (κ1) is 10.7. The normalized spacial score (nSPS) is 9.79. The smallest absolute Gasteiger partial charge is 0.221 e. The zero-order valence-electron chi connectivity index (χ0n) is 8.07. The highest BCUT2D eigenvalue weighted by Gasteiger charge is 1.99. The zero-order valence-corrected chi connectivity index (χ0v) is 8.07. The molecule has 0 heterocycles. The van der Waals surface area contributed by atoms with E-state index in [0.717, 1.165) is 12.8 Å². The zero-order chi connectivity index (χ0) is 10.2. The fourth-order valence-corrected chi connectivity index (χ4v) is 1.27. The van der Waals surface area contributed by atoms with Crippen molar-refractivity contribution >= 4 is 5.91 Å². The second-order valence-corrected chi connectivity index (χ2v) is 3.10. The topological polar surface area (TPSA) is 49.3 Å². The van der Waals surface area contributed by atoms with E-state index < -0.39 is 0 Å². The third kappa shape index (κ3) is 4.05. The molecule has 0 aromatic heterocycles. The maximum atomic E-state index is 11.0. The number of hydrogen-bond donors (Lipinski definition) is 2. The molecular weight excluding hydrogens is 178 g/mol. The summed E-state index contributed by atoms with van der Waals surface area (Å²) in [7, 11) is 0. The molecule has 0 aliphatic rings. The van der Waals surface area contributed by atoms with E-state index in [1.807, 2.05) is 30.3 Å². The van der Waals surface area contributed by atoms with Crippen LogP contribution in [0.15, 0.2) is 30.3 Å². The number of amides is 1. The third-order valence-electron chi connectivity index (χ3n) is 1.99. The van der Waals surface area contributed by atoms with Gasteiger partial charge in [0.25, 0.3) is 0 Å². The summed E-state index contributed by atoms with van der Waals surface area (Å²) in [5, 5.41) is 10.8. The summed E-state index contributed by atoms with van der Waals surface area (Å²) in [4.78, 5) is 11.0. The number of aliphatic hydroxyl groups is 1. The van der Waals surface area contributed by atoms with Gasteiger partial charge >= 0.3 is 0 Å². The van der Waals surface area contributed by atoms with Gasteiger partial charge in [-0.25, -0.2) is 0 Å². The molecule has 76 valence electrons. The molecule has 0 atom stereocenters. The fraction of sp³-hybridized carbons (Fsp3) is 0.364. The largest absolute Gasteiger partial charge is 0.377 e. The van der Waals surface area contributed by atoms with Crippen LogP contribution in [-0.4, -0.2) is 17.7 Å². The highest BCUT2D eigenvalue weighted by Crippen LogP contribution is 2.03. The Balaban J connectivity index is 2.19. The Hall–Kier alpha value is -1.35. The molecule has 0 spiro atoms. The van der Waals surface area contributed by atoms with Gasteiger partial charge in [0.1, 0.15) is 6.73 Å².